The van der Waals surface area contributed by atoms with Crippen molar-refractivity contribution >= 4 is 11.6 Å². The minimum absolute atomic E-state index is 0.147. The second-order valence-electron chi connectivity index (χ2n) is 6.90. The third-order valence-corrected chi connectivity index (χ3v) is 5.10. The number of amides is 1. The molecule has 0 saturated carbocycles. The topological polar surface area (TPSA) is 62.1 Å². The van der Waals surface area contributed by atoms with Crippen LogP contribution in [0, 0.1) is 0 Å². The van der Waals surface area contributed by atoms with Crippen molar-refractivity contribution in [2.24, 2.45) is 5.10 Å². The Kier molecular flexibility index (Phi) is 5.40. The van der Waals surface area contributed by atoms with E-state index in [9.17, 15) is 9.90 Å². The Morgan fingerprint density at radius 2 is 1.62 bits per heavy atom. The lowest BCUT2D eigenvalue weighted by atomic mass is 9.97. The lowest BCUT2D eigenvalue weighted by molar-refractivity contribution is -0.144. The second-order valence-corrected chi connectivity index (χ2v) is 6.90. The molecular formula is C24H22N2O3. The van der Waals surface area contributed by atoms with Gasteiger partial charge in [-0.1, -0.05) is 78.9 Å². The van der Waals surface area contributed by atoms with Crippen LogP contribution in [0.25, 0.3) is 0 Å². The largest absolute Gasteiger partial charge is 0.508 e. The van der Waals surface area contributed by atoms with E-state index in [1.54, 1.807) is 12.1 Å². The summed E-state index contributed by atoms with van der Waals surface area (Å²) < 4.78 is 5.54. The molecule has 2 atom stereocenters. The van der Waals surface area contributed by atoms with E-state index in [2.05, 4.69) is 5.10 Å². The molecule has 0 radical (unpaired) electrons. The van der Waals surface area contributed by atoms with Gasteiger partial charge in [0.15, 0.2) is 6.10 Å². The number of nitrogens with zero attached hydrogens (tertiary/aromatic N) is 2. The van der Waals surface area contributed by atoms with E-state index in [0.29, 0.717) is 12.0 Å². The number of carbonyl (C=O) groups is 1. The predicted octanol–water partition coefficient (Wildman–Crippen LogP) is 4.46. The molecule has 29 heavy (non-hydrogen) atoms. The summed E-state index contributed by atoms with van der Waals surface area (Å²) in [5, 5.41) is 16.5. The highest BCUT2D eigenvalue weighted by atomic mass is 16.5. The van der Waals surface area contributed by atoms with Crippen molar-refractivity contribution in [2.75, 3.05) is 7.11 Å². The molecule has 5 nitrogen and oxygen atoms in total. The fraction of sp³-hybridized carbons (Fsp3) is 0.167. The Balaban J connectivity index is 1.74. The van der Waals surface area contributed by atoms with Crippen molar-refractivity contribution in [1.82, 2.24) is 5.01 Å². The summed E-state index contributed by atoms with van der Waals surface area (Å²) in [6.45, 7) is 0. The lowest BCUT2D eigenvalue weighted by Crippen LogP contribution is -2.32. The molecule has 3 aromatic carbocycles. The first kappa shape index (κ1) is 18.9. The van der Waals surface area contributed by atoms with E-state index >= 15 is 0 Å². The van der Waals surface area contributed by atoms with Crippen LogP contribution in [0.1, 0.15) is 35.3 Å². The molecule has 0 unspecified atom stereocenters. The fourth-order valence-electron chi connectivity index (χ4n) is 3.66. The first-order chi connectivity index (χ1) is 14.2. The SMILES string of the molecule is CO[C@H](C(=O)N1N=C(c2ccccc2)C[C@H]1c1ccccc1O)c1ccccc1. The Bertz CT molecular complexity index is 1020. The number of para-hydroxylation sites is 1. The highest BCUT2D eigenvalue weighted by Crippen LogP contribution is 2.38. The molecule has 0 bridgehead atoms. The molecule has 146 valence electrons. The van der Waals surface area contributed by atoms with Crippen molar-refractivity contribution in [2.45, 2.75) is 18.6 Å². The smallest absolute Gasteiger partial charge is 0.276 e. The summed E-state index contributed by atoms with van der Waals surface area (Å²) in [7, 11) is 1.52. The highest BCUT2D eigenvalue weighted by Gasteiger charge is 2.38. The van der Waals surface area contributed by atoms with Gasteiger partial charge in [-0.15, -0.1) is 0 Å². The molecule has 1 amide bonds. The predicted molar refractivity (Wildman–Crippen MR) is 111 cm³/mol. The third kappa shape index (κ3) is 3.77. The van der Waals surface area contributed by atoms with Crippen LogP contribution in [-0.4, -0.2) is 28.8 Å². The van der Waals surface area contributed by atoms with Gasteiger partial charge in [0.2, 0.25) is 0 Å². The van der Waals surface area contributed by atoms with E-state index < -0.39 is 12.1 Å². The van der Waals surface area contributed by atoms with E-state index in [0.717, 1.165) is 16.8 Å². The molecule has 1 aliphatic rings. The highest BCUT2D eigenvalue weighted by molar-refractivity contribution is 6.03. The summed E-state index contributed by atoms with van der Waals surface area (Å²) in [5.74, 6) is -0.119. The van der Waals surface area contributed by atoms with Crippen molar-refractivity contribution in [1.29, 1.82) is 0 Å². The number of phenolic OH excluding ortho intramolecular Hbond substituents is 1. The first-order valence-corrected chi connectivity index (χ1v) is 9.50. The molecule has 3 aromatic rings. The van der Waals surface area contributed by atoms with Crippen LogP contribution in [0.5, 0.6) is 5.75 Å². The number of aromatic hydroxyl groups is 1. The zero-order chi connectivity index (χ0) is 20.2. The number of methoxy groups -OCH3 is 1. The Morgan fingerprint density at radius 3 is 2.28 bits per heavy atom. The molecule has 0 aliphatic carbocycles. The minimum Gasteiger partial charge on any atom is -0.508 e. The van der Waals surface area contributed by atoms with Gasteiger partial charge in [-0.25, -0.2) is 5.01 Å². The van der Waals surface area contributed by atoms with Crippen LogP contribution >= 0.6 is 0 Å². The Hall–Kier alpha value is -3.44. The van der Waals surface area contributed by atoms with Gasteiger partial charge in [-0.2, -0.15) is 5.10 Å². The molecule has 0 spiro atoms. The summed E-state index contributed by atoms with van der Waals surface area (Å²) in [6, 6.07) is 25.8. The van der Waals surface area contributed by atoms with Crippen LogP contribution in [0.3, 0.4) is 0 Å². The molecular weight excluding hydrogens is 364 g/mol. The fourth-order valence-corrected chi connectivity index (χ4v) is 3.66. The zero-order valence-electron chi connectivity index (χ0n) is 16.1. The second kappa shape index (κ2) is 8.29. The van der Waals surface area contributed by atoms with Gasteiger partial charge in [0.1, 0.15) is 5.75 Å². The summed E-state index contributed by atoms with van der Waals surface area (Å²) in [5.41, 5.74) is 3.19. The summed E-state index contributed by atoms with van der Waals surface area (Å²) >= 11 is 0. The van der Waals surface area contributed by atoms with E-state index in [-0.39, 0.29) is 11.7 Å². The van der Waals surface area contributed by atoms with Gasteiger partial charge >= 0.3 is 0 Å². The maximum Gasteiger partial charge on any atom is 0.276 e. The number of hydrazone groups is 1. The number of ether oxygens (including phenoxy) is 1. The summed E-state index contributed by atoms with van der Waals surface area (Å²) in [4.78, 5) is 13.5. The van der Waals surface area contributed by atoms with Crippen molar-refractivity contribution < 1.29 is 14.6 Å². The minimum atomic E-state index is -0.775. The number of hydrogen-bond donors (Lipinski definition) is 1. The number of hydrogen-bond acceptors (Lipinski definition) is 4. The first-order valence-electron chi connectivity index (χ1n) is 9.50. The average molecular weight is 386 g/mol. The van der Waals surface area contributed by atoms with Crippen molar-refractivity contribution in [3.05, 3.63) is 102 Å². The monoisotopic (exact) mass is 386 g/mol. The molecule has 5 heteroatoms. The molecule has 1 heterocycles. The van der Waals surface area contributed by atoms with Gasteiger partial charge in [0, 0.05) is 19.1 Å². The summed E-state index contributed by atoms with van der Waals surface area (Å²) in [6.07, 6.45) is -0.262. The van der Waals surface area contributed by atoms with Crippen LogP contribution in [0.2, 0.25) is 0 Å². The molecule has 0 saturated heterocycles. The molecule has 1 aliphatic heterocycles. The quantitative estimate of drug-likeness (QED) is 0.704. The van der Waals surface area contributed by atoms with Gasteiger partial charge in [-0.3, -0.25) is 4.79 Å². The van der Waals surface area contributed by atoms with Crippen LogP contribution < -0.4 is 0 Å². The van der Waals surface area contributed by atoms with E-state index in [4.69, 9.17) is 4.74 Å². The maximum atomic E-state index is 13.5. The van der Waals surface area contributed by atoms with Gasteiger partial charge in [-0.05, 0) is 17.2 Å². The Morgan fingerprint density at radius 1 is 1.00 bits per heavy atom. The zero-order valence-corrected chi connectivity index (χ0v) is 16.1. The number of phenols is 1. The Labute approximate surface area is 169 Å². The normalized spacial score (nSPS) is 17.1. The number of carbonyl (C=O) groups excluding carboxylic acids is 1. The molecule has 0 fully saturated rings. The van der Waals surface area contributed by atoms with E-state index in [1.807, 2.05) is 72.8 Å². The standard InChI is InChI=1S/C24H22N2O3/c1-29-23(18-12-6-3-7-13-18)24(28)26-21(19-14-8-9-15-22(19)27)16-20(25-26)17-10-4-2-5-11-17/h2-15,21,23,27H,16H2,1H3/t21-,23-/m0/s1. The third-order valence-electron chi connectivity index (χ3n) is 5.10. The van der Waals surface area contributed by atoms with E-state index in [1.165, 1.54) is 12.1 Å². The molecule has 0 aromatic heterocycles. The lowest BCUT2D eigenvalue weighted by Gasteiger charge is -2.26. The maximum absolute atomic E-state index is 13.5. The van der Waals surface area contributed by atoms with Crippen LogP contribution in [0.15, 0.2) is 90.0 Å². The molecule has 4 rings (SSSR count). The van der Waals surface area contributed by atoms with Gasteiger partial charge < -0.3 is 9.84 Å². The molecule has 1 N–H and O–H groups in total. The average Bonchev–Trinajstić information content (AvgIpc) is 3.21. The van der Waals surface area contributed by atoms with Crippen LogP contribution in [0.4, 0.5) is 0 Å². The number of benzene rings is 3. The number of rotatable bonds is 5. The van der Waals surface area contributed by atoms with Gasteiger partial charge in [0.05, 0.1) is 11.8 Å². The van der Waals surface area contributed by atoms with Gasteiger partial charge in [0.25, 0.3) is 5.91 Å². The van der Waals surface area contributed by atoms with Crippen molar-refractivity contribution in [3.8, 4) is 5.75 Å². The van der Waals surface area contributed by atoms with Crippen LogP contribution in [-0.2, 0) is 9.53 Å². The van der Waals surface area contributed by atoms with Crippen molar-refractivity contribution in [3.63, 3.8) is 0 Å².